The normalized spacial score (nSPS) is 15.5. The summed E-state index contributed by atoms with van der Waals surface area (Å²) in [5, 5.41) is 6.92. The Morgan fingerprint density at radius 2 is 1.63 bits per heavy atom. The molecule has 4 rings (SSSR count). The van der Waals surface area contributed by atoms with Gasteiger partial charge in [-0.1, -0.05) is 94.8 Å². The summed E-state index contributed by atoms with van der Waals surface area (Å²) in [5.74, 6) is -0.292. The zero-order valence-corrected chi connectivity index (χ0v) is 23.9. The number of thiocarbonyl (C=S) groups is 1. The van der Waals surface area contributed by atoms with E-state index in [2.05, 4.69) is 26.6 Å². The van der Waals surface area contributed by atoms with E-state index in [-0.39, 0.29) is 11.8 Å². The Balaban J connectivity index is 1.43. The van der Waals surface area contributed by atoms with Gasteiger partial charge in [0.15, 0.2) is 5.11 Å². The van der Waals surface area contributed by atoms with Crippen LogP contribution in [0.15, 0.2) is 89.4 Å². The van der Waals surface area contributed by atoms with E-state index < -0.39 is 12.1 Å². The summed E-state index contributed by atoms with van der Waals surface area (Å²) in [7, 11) is 1.78. The number of likely N-dealkylation sites (N-methyl/N-ethyl adjacent to an activating group) is 1. The molecule has 38 heavy (non-hydrogen) atoms. The molecule has 1 heterocycles. The Morgan fingerprint density at radius 3 is 2.32 bits per heavy atom. The molecular formula is C30H33BrN4O2S. The molecule has 0 saturated carbocycles. The molecule has 2 N–H and O–H groups in total. The van der Waals surface area contributed by atoms with Gasteiger partial charge >= 0.3 is 0 Å². The molecule has 1 aliphatic heterocycles. The highest BCUT2D eigenvalue weighted by molar-refractivity contribution is 9.10. The maximum absolute atomic E-state index is 13.6. The predicted octanol–water partition coefficient (Wildman–Crippen LogP) is 4.67. The molecule has 6 nitrogen and oxygen atoms in total. The van der Waals surface area contributed by atoms with Crippen LogP contribution < -0.4 is 10.6 Å². The van der Waals surface area contributed by atoms with E-state index in [4.69, 9.17) is 12.2 Å². The van der Waals surface area contributed by atoms with Crippen molar-refractivity contribution in [3.63, 3.8) is 0 Å². The van der Waals surface area contributed by atoms with E-state index in [1.165, 1.54) is 0 Å². The van der Waals surface area contributed by atoms with E-state index in [0.29, 0.717) is 37.6 Å². The number of nitrogens with zero attached hydrogens (tertiary/aromatic N) is 2. The second-order valence-corrected chi connectivity index (χ2v) is 10.8. The predicted molar refractivity (Wildman–Crippen MR) is 158 cm³/mol. The Kier molecular flexibility index (Phi) is 9.90. The first kappa shape index (κ1) is 27.8. The lowest BCUT2D eigenvalue weighted by Crippen LogP contribution is -2.55. The molecule has 3 aromatic carbocycles. The van der Waals surface area contributed by atoms with Crippen molar-refractivity contribution in [2.75, 3.05) is 13.6 Å². The molecule has 3 aromatic rings. The quantitative estimate of drug-likeness (QED) is 0.353. The third-order valence-electron chi connectivity index (χ3n) is 6.74. The van der Waals surface area contributed by atoms with Crippen molar-refractivity contribution in [1.82, 2.24) is 20.4 Å². The Hall–Kier alpha value is -3.23. The van der Waals surface area contributed by atoms with Crippen LogP contribution in [0, 0.1) is 0 Å². The molecule has 2 amide bonds. The van der Waals surface area contributed by atoms with Gasteiger partial charge < -0.3 is 20.4 Å². The van der Waals surface area contributed by atoms with Gasteiger partial charge in [0.2, 0.25) is 11.8 Å². The van der Waals surface area contributed by atoms with Gasteiger partial charge in [-0.25, -0.2) is 0 Å². The fourth-order valence-corrected chi connectivity index (χ4v) is 5.43. The molecule has 0 radical (unpaired) electrons. The van der Waals surface area contributed by atoms with Crippen molar-refractivity contribution >= 4 is 45.1 Å². The van der Waals surface area contributed by atoms with Crippen LogP contribution >= 0.6 is 28.1 Å². The van der Waals surface area contributed by atoms with Crippen molar-refractivity contribution in [2.45, 2.75) is 44.4 Å². The lowest BCUT2D eigenvalue weighted by molar-refractivity contribution is -0.136. The number of rotatable bonds is 9. The Bertz CT molecular complexity index is 1240. The minimum atomic E-state index is -0.678. The van der Waals surface area contributed by atoms with Crippen LogP contribution in [0.25, 0.3) is 0 Å². The van der Waals surface area contributed by atoms with E-state index in [0.717, 1.165) is 27.6 Å². The lowest BCUT2D eigenvalue weighted by atomic mass is 10.0. The highest BCUT2D eigenvalue weighted by Gasteiger charge is 2.35. The monoisotopic (exact) mass is 592 g/mol. The summed E-state index contributed by atoms with van der Waals surface area (Å²) in [6.07, 6.45) is 1.97. The van der Waals surface area contributed by atoms with Crippen LogP contribution in [0.1, 0.15) is 29.5 Å². The molecule has 1 fully saturated rings. The van der Waals surface area contributed by atoms with Gasteiger partial charge in [0.05, 0.1) is 0 Å². The third-order valence-corrected chi connectivity index (χ3v) is 7.89. The Morgan fingerprint density at radius 1 is 1.00 bits per heavy atom. The first-order chi connectivity index (χ1) is 18.4. The van der Waals surface area contributed by atoms with Gasteiger partial charge in [0.1, 0.15) is 12.1 Å². The van der Waals surface area contributed by atoms with Gasteiger partial charge in [-0.05, 0) is 47.8 Å². The summed E-state index contributed by atoms with van der Waals surface area (Å²) < 4.78 is 1.01. The number of carbonyl (C=O) groups excluding carboxylic acids is 2. The lowest BCUT2D eigenvalue weighted by Gasteiger charge is -2.30. The fraction of sp³-hybridized carbons (Fsp3) is 0.300. The molecule has 2 atom stereocenters. The average Bonchev–Trinajstić information content (AvgIpc) is 3.43. The van der Waals surface area contributed by atoms with Gasteiger partial charge in [0, 0.05) is 37.6 Å². The largest absolute Gasteiger partial charge is 0.358 e. The highest BCUT2D eigenvalue weighted by Crippen LogP contribution is 2.20. The molecule has 198 valence electrons. The number of hydrogen-bond acceptors (Lipinski definition) is 3. The smallest absolute Gasteiger partial charge is 0.245 e. The number of halogens is 1. The highest BCUT2D eigenvalue weighted by atomic mass is 79.9. The van der Waals surface area contributed by atoms with Crippen LogP contribution in [0.2, 0.25) is 0 Å². The number of benzene rings is 3. The molecular weight excluding hydrogens is 560 g/mol. The van der Waals surface area contributed by atoms with Crippen LogP contribution in [0.3, 0.4) is 0 Å². The van der Waals surface area contributed by atoms with Crippen molar-refractivity contribution in [3.05, 3.63) is 106 Å². The van der Waals surface area contributed by atoms with Crippen LogP contribution in [0.4, 0.5) is 0 Å². The summed E-state index contributed by atoms with van der Waals surface area (Å²) in [4.78, 5) is 30.7. The fourth-order valence-electron chi connectivity index (χ4n) is 4.72. The van der Waals surface area contributed by atoms with Gasteiger partial charge in [-0.3, -0.25) is 9.59 Å². The van der Waals surface area contributed by atoms with Crippen LogP contribution in [-0.4, -0.2) is 52.4 Å². The molecule has 0 aromatic heterocycles. The van der Waals surface area contributed by atoms with Gasteiger partial charge in [-0.2, -0.15) is 0 Å². The number of hydrogen-bond donors (Lipinski definition) is 2. The molecule has 0 bridgehead atoms. The van der Waals surface area contributed by atoms with Crippen molar-refractivity contribution in [2.24, 2.45) is 0 Å². The van der Waals surface area contributed by atoms with Gasteiger partial charge in [0.25, 0.3) is 0 Å². The second-order valence-electron chi connectivity index (χ2n) is 9.53. The minimum absolute atomic E-state index is 0.120. The SMILES string of the molecule is CN(Cc1ccccc1)C(=O)[C@H](Cc1ccccc1)NC(=O)[C@@H]1CCCN1C(=S)NCc1ccccc1Br. The summed E-state index contributed by atoms with van der Waals surface area (Å²) in [6, 6.07) is 26.5. The van der Waals surface area contributed by atoms with Gasteiger partial charge in [-0.15, -0.1) is 0 Å². The van der Waals surface area contributed by atoms with E-state index in [9.17, 15) is 9.59 Å². The molecule has 1 aliphatic rings. The van der Waals surface area contributed by atoms with Crippen molar-refractivity contribution in [3.8, 4) is 0 Å². The van der Waals surface area contributed by atoms with Crippen LogP contribution in [0.5, 0.6) is 0 Å². The summed E-state index contributed by atoms with van der Waals surface area (Å²) >= 11 is 9.25. The number of nitrogens with one attached hydrogen (secondary N) is 2. The first-order valence-corrected chi connectivity index (χ1v) is 14.0. The average molecular weight is 594 g/mol. The zero-order chi connectivity index (χ0) is 26.9. The van der Waals surface area contributed by atoms with Crippen molar-refractivity contribution < 1.29 is 9.59 Å². The molecule has 8 heteroatoms. The summed E-state index contributed by atoms with van der Waals surface area (Å²) in [6.45, 7) is 1.73. The maximum Gasteiger partial charge on any atom is 0.245 e. The second kappa shape index (κ2) is 13.5. The molecule has 0 spiro atoms. The van der Waals surface area contributed by atoms with Crippen LogP contribution in [-0.2, 0) is 29.1 Å². The number of likely N-dealkylation sites (tertiary alicyclic amines) is 1. The number of amides is 2. The minimum Gasteiger partial charge on any atom is -0.358 e. The Labute approximate surface area is 238 Å². The number of carbonyl (C=O) groups is 2. The van der Waals surface area contributed by atoms with E-state index in [1.807, 2.05) is 89.8 Å². The topological polar surface area (TPSA) is 64.7 Å². The third kappa shape index (κ3) is 7.42. The molecule has 1 saturated heterocycles. The van der Waals surface area contributed by atoms with E-state index in [1.54, 1.807) is 11.9 Å². The molecule has 0 aliphatic carbocycles. The zero-order valence-electron chi connectivity index (χ0n) is 21.5. The van der Waals surface area contributed by atoms with Crippen molar-refractivity contribution in [1.29, 1.82) is 0 Å². The molecule has 0 unspecified atom stereocenters. The van der Waals surface area contributed by atoms with E-state index >= 15 is 0 Å². The standard InChI is InChI=1S/C30H33BrN4O2S/c1-34(21-23-13-6-3-7-14-23)29(37)26(19-22-11-4-2-5-12-22)33-28(36)27-17-10-18-35(27)30(38)32-20-24-15-8-9-16-25(24)31/h2-9,11-16,26-27H,10,17-21H2,1H3,(H,32,38)(H,33,36)/t26-,27-/m0/s1. The maximum atomic E-state index is 13.6. The first-order valence-electron chi connectivity index (χ1n) is 12.8. The summed E-state index contributed by atoms with van der Waals surface area (Å²) in [5.41, 5.74) is 3.12.